The van der Waals surface area contributed by atoms with E-state index in [4.69, 9.17) is 4.99 Å². The molecule has 0 bridgehead atoms. The smallest absolute Gasteiger partial charge is 0.222 e. The molecule has 1 amide bonds. The zero-order chi connectivity index (χ0) is 19.2. The number of hydrogen-bond donors (Lipinski definition) is 2. The van der Waals surface area contributed by atoms with Gasteiger partial charge in [0, 0.05) is 42.0 Å². The normalized spacial score (nSPS) is 17.4. The highest BCUT2D eigenvalue weighted by Gasteiger charge is 2.27. The number of benzene rings is 1. The molecule has 1 aromatic rings. The van der Waals surface area contributed by atoms with Crippen LogP contribution >= 0.6 is 39.9 Å². The molecule has 1 aromatic carbocycles. The Morgan fingerprint density at radius 2 is 2.04 bits per heavy atom. The van der Waals surface area contributed by atoms with Gasteiger partial charge in [-0.05, 0) is 25.0 Å². The molecule has 1 fully saturated rings. The molecule has 7 heteroatoms. The van der Waals surface area contributed by atoms with E-state index in [1.165, 1.54) is 5.56 Å². The number of amides is 1. The van der Waals surface area contributed by atoms with Crippen LogP contribution in [0.5, 0.6) is 0 Å². The molecule has 0 aliphatic carbocycles. The van der Waals surface area contributed by atoms with Gasteiger partial charge in [0.25, 0.3) is 0 Å². The number of likely N-dealkylation sites (tertiary alicyclic amines) is 1. The minimum atomic E-state index is -0.0810. The summed E-state index contributed by atoms with van der Waals surface area (Å²) >= 11 is 3.65. The van der Waals surface area contributed by atoms with Crippen molar-refractivity contribution in [2.24, 2.45) is 4.99 Å². The molecule has 0 radical (unpaired) electrons. The summed E-state index contributed by atoms with van der Waals surface area (Å²) in [6, 6.07) is 8.57. The van der Waals surface area contributed by atoms with Gasteiger partial charge in [-0.1, -0.05) is 54.9 Å². The van der Waals surface area contributed by atoms with Gasteiger partial charge in [-0.2, -0.15) is 0 Å². The molecule has 1 unspecified atom stereocenters. The third-order valence-electron chi connectivity index (χ3n) is 4.76. The quantitative estimate of drug-likeness (QED) is 0.321. The summed E-state index contributed by atoms with van der Waals surface area (Å²) in [6.07, 6.45) is 1.53. The fraction of sp³-hybridized carbons (Fsp3) is 0.600. The lowest BCUT2D eigenvalue weighted by Gasteiger charge is -2.26. The maximum Gasteiger partial charge on any atom is 0.222 e. The largest absolute Gasteiger partial charge is 0.357 e. The van der Waals surface area contributed by atoms with E-state index in [-0.39, 0.29) is 41.3 Å². The van der Waals surface area contributed by atoms with E-state index < -0.39 is 0 Å². The fourth-order valence-electron chi connectivity index (χ4n) is 3.21. The van der Waals surface area contributed by atoms with Crippen LogP contribution in [0.1, 0.15) is 46.1 Å². The Hall–Kier alpha value is -0.830. The van der Waals surface area contributed by atoms with Crippen LogP contribution in [-0.2, 0) is 10.2 Å². The summed E-state index contributed by atoms with van der Waals surface area (Å²) in [5.41, 5.74) is 1.17. The van der Waals surface area contributed by atoms with E-state index in [2.05, 4.69) is 65.5 Å². The second kappa shape index (κ2) is 11.2. The maximum atomic E-state index is 11.9. The summed E-state index contributed by atoms with van der Waals surface area (Å²) in [6.45, 7) is 11.5. The fourth-order valence-corrected chi connectivity index (χ4v) is 4.03. The van der Waals surface area contributed by atoms with E-state index in [1.807, 2.05) is 17.9 Å². The standard InChI is InChI=1S/C20H31BrN4O.HI/c1-5-18(26)25-12-11-15(13-25)24-19(22-6-2)23-14-20(3,4)16-9-7-8-10-17(16)21;/h7-10,15H,5-6,11-14H2,1-4H3,(H2,22,23,24);1H. The number of nitrogens with zero attached hydrogens (tertiary/aromatic N) is 2. The van der Waals surface area contributed by atoms with Crippen molar-refractivity contribution in [3.8, 4) is 0 Å². The number of nitrogens with one attached hydrogen (secondary N) is 2. The molecule has 1 aliphatic heterocycles. The first-order chi connectivity index (χ1) is 12.4. The van der Waals surface area contributed by atoms with Crippen molar-refractivity contribution in [2.45, 2.75) is 52.0 Å². The van der Waals surface area contributed by atoms with E-state index in [0.29, 0.717) is 13.0 Å². The summed E-state index contributed by atoms with van der Waals surface area (Å²) in [5, 5.41) is 6.83. The Morgan fingerprint density at radius 1 is 1.33 bits per heavy atom. The van der Waals surface area contributed by atoms with Crippen molar-refractivity contribution in [3.63, 3.8) is 0 Å². The molecule has 27 heavy (non-hydrogen) atoms. The minimum Gasteiger partial charge on any atom is -0.357 e. The molecule has 2 N–H and O–H groups in total. The Bertz CT molecular complexity index is 651. The van der Waals surface area contributed by atoms with E-state index in [1.54, 1.807) is 0 Å². The third kappa shape index (κ3) is 6.93. The molecular weight excluding hydrogens is 519 g/mol. The molecule has 2 rings (SSSR count). The van der Waals surface area contributed by atoms with Crippen LogP contribution in [0.15, 0.2) is 33.7 Å². The van der Waals surface area contributed by atoms with Gasteiger partial charge in [0.1, 0.15) is 0 Å². The molecule has 5 nitrogen and oxygen atoms in total. The summed E-state index contributed by atoms with van der Waals surface area (Å²) in [5.74, 6) is 1.05. The lowest BCUT2D eigenvalue weighted by molar-refractivity contribution is -0.129. The van der Waals surface area contributed by atoms with Gasteiger partial charge in [-0.3, -0.25) is 9.79 Å². The number of carbonyl (C=O) groups excluding carboxylic acids is 1. The molecular formula is C20H32BrIN4O. The second-order valence-corrected chi connectivity index (χ2v) is 8.24. The predicted molar refractivity (Wildman–Crippen MR) is 127 cm³/mol. The Labute approximate surface area is 188 Å². The average molecular weight is 551 g/mol. The minimum absolute atomic E-state index is 0. The summed E-state index contributed by atoms with van der Waals surface area (Å²) < 4.78 is 1.11. The zero-order valence-corrected chi connectivity index (χ0v) is 20.6. The number of guanidine groups is 1. The zero-order valence-electron chi connectivity index (χ0n) is 16.7. The highest BCUT2D eigenvalue weighted by atomic mass is 127. The van der Waals surface area contributed by atoms with Crippen LogP contribution in [0.25, 0.3) is 0 Å². The van der Waals surface area contributed by atoms with Gasteiger partial charge in [0.05, 0.1) is 6.54 Å². The lowest BCUT2D eigenvalue weighted by atomic mass is 9.85. The van der Waals surface area contributed by atoms with Gasteiger partial charge in [0.15, 0.2) is 5.96 Å². The predicted octanol–water partition coefficient (Wildman–Crippen LogP) is 3.91. The first kappa shape index (κ1) is 24.2. The van der Waals surface area contributed by atoms with Crippen LogP contribution in [0.3, 0.4) is 0 Å². The highest BCUT2D eigenvalue weighted by Crippen LogP contribution is 2.30. The van der Waals surface area contributed by atoms with Gasteiger partial charge in [-0.15, -0.1) is 24.0 Å². The summed E-state index contributed by atoms with van der Waals surface area (Å²) in [4.78, 5) is 18.6. The monoisotopic (exact) mass is 550 g/mol. The molecule has 1 atom stereocenters. The molecule has 1 aliphatic rings. The average Bonchev–Trinajstić information content (AvgIpc) is 3.08. The van der Waals surface area contributed by atoms with Gasteiger partial charge in [0.2, 0.25) is 5.91 Å². The molecule has 0 spiro atoms. The van der Waals surface area contributed by atoms with Gasteiger partial charge >= 0.3 is 0 Å². The van der Waals surface area contributed by atoms with E-state index in [9.17, 15) is 4.79 Å². The van der Waals surface area contributed by atoms with Crippen LogP contribution in [0.4, 0.5) is 0 Å². The van der Waals surface area contributed by atoms with Crippen LogP contribution < -0.4 is 10.6 Å². The first-order valence-corrected chi connectivity index (χ1v) is 10.2. The number of aliphatic imine (C=N–C) groups is 1. The van der Waals surface area contributed by atoms with Crippen molar-refractivity contribution < 1.29 is 4.79 Å². The van der Waals surface area contributed by atoms with Crippen molar-refractivity contribution in [1.29, 1.82) is 0 Å². The molecule has 152 valence electrons. The second-order valence-electron chi connectivity index (χ2n) is 7.38. The molecule has 0 aromatic heterocycles. The Balaban J connectivity index is 0.00000364. The van der Waals surface area contributed by atoms with Crippen molar-refractivity contribution in [1.82, 2.24) is 15.5 Å². The van der Waals surface area contributed by atoms with Crippen LogP contribution in [-0.4, -0.2) is 49.0 Å². The number of halogens is 2. The Morgan fingerprint density at radius 3 is 2.67 bits per heavy atom. The van der Waals surface area contributed by atoms with Crippen LogP contribution in [0.2, 0.25) is 0 Å². The van der Waals surface area contributed by atoms with Crippen molar-refractivity contribution >= 4 is 51.8 Å². The maximum absolute atomic E-state index is 11.9. The topological polar surface area (TPSA) is 56.7 Å². The van der Waals surface area contributed by atoms with E-state index >= 15 is 0 Å². The summed E-state index contributed by atoms with van der Waals surface area (Å²) in [7, 11) is 0. The first-order valence-electron chi connectivity index (χ1n) is 9.45. The molecule has 0 saturated carbocycles. The number of hydrogen-bond acceptors (Lipinski definition) is 2. The SMILES string of the molecule is CCNC(=NCC(C)(C)c1ccccc1Br)NC1CCN(C(=O)CC)C1.I. The Kier molecular flexibility index (Phi) is 10.1. The molecule has 1 saturated heterocycles. The number of carbonyl (C=O) groups is 1. The lowest BCUT2D eigenvalue weighted by Crippen LogP contribution is -2.45. The van der Waals surface area contributed by atoms with E-state index in [0.717, 1.165) is 36.5 Å². The molecule has 1 heterocycles. The third-order valence-corrected chi connectivity index (χ3v) is 5.46. The van der Waals surface area contributed by atoms with Crippen LogP contribution in [0, 0.1) is 0 Å². The van der Waals surface area contributed by atoms with Gasteiger partial charge in [-0.25, -0.2) is 0 Å². The highest BCUT2D eigenvalue weighted by molar-refractivity contribution is 14.0. The van der Waals surface area contributed by atoms with Crippen molar-refractivity contribution in [2.75, 3.05) is 26.2 Å². The van der Waals surface area contributed by atoms with Crippen molar-refractivity contribution in [3.05, 3.63) is 34.3 Å². The van der Waals surface area contributed by atoms with Gasteiger partial charge < -0.3 is 15.5 Å². The number of rotatable bonds is 6.